The zero-order valence-corrected chi connectivity index (χ0v) is 11.7. The summed E-state index contributed by atoms with van der Waals surface area (Å²) in [5.74, 6) is 0. The van der Waals surface area contributed by atoms with E-state index < -0.39 is 0 Å². The Kier molecular flexibility index (Phi) is 6.13. The van der Waals surface area contributed by atoms with Gasteiger partial charge in [-0.15, -0.1) is 11.1 Å². The minimum atomic E-state index is 0. The van der Waals surface area contributed by atoms with Crippen LogP contribution in [0.5, 0.6) is 0 Å². The first-order valence-electron chi connectivity index (χ1n) is 5.15. The fourth-order valence-corrected chi connectivity index (χ4v) is 2.25. The van der Waals surface area contributed by atoms with Crippen molar-refractivity contribution in [3.63, 3.8) is 0 Å². The van der Waals surface area contributed by atoms with E-state index >= 15 is 0 Å². The first-order chi connectivity index (χ1) is 5.41. The van der Waals surface area contributed by atoms with E-state index in [-0.39, 0.29) is 29.9 Å². The Morgan fingerprint density at radius 1 is 0.786 bits per heavy atom. The quantitative estimate of drug-likeness (QED) is 0.585. The molecule has 0 aromatic rings. The molecular weight excluding hydrogens is 165 g/mol. The smallest absolute Gasteiger partial charge is 0.652 e. The molecule has 1 nitrogen and oxygen atoms in total. The van der Waals surface area contributed by atoms with Gasteiger partial charge in [-0.1, -0.05) is 61.8 Å². The summed E-state index contributed by atoms with van der Waals surface area (Å²) in [5, 5.41) is 4.83. The molecule has 0 heterocycles. The summed E-state index contributed by atoms with van der Waals surface area (Å²) in [6.45, 7) is 17.8. The molecule has 2 heteroatoms. The van der Waals surface area contributed by atoms with Crippen LogP contribution in [0.4, 0.5) is 0 Å². The van der Waals surface area contributed by atoms with E-state index in [2.05, 4.69) is 55.4 Å². The molecule has 0 amide bonds. The molecule has 0 spiro atoms. The average Bonchev–Trinajstić information content (AvgIpc) is 1.43. The first kappa shape index (κ1) is 17.0. The van der Waals surface area contributed by atoms with Crippen LogP contribution in [-0.4, -0.2) is 11.1 Å². The van der Waals surface area contributed by atoms with E-state index in [9.17, 15) is 0 Å². The Hall–Kier alpha value is 0.557. The second-order valence-corrected chi connectivity index (χ2v) is 6.83. The summed E-state index contributed by atoms with van der Waals surface area (Å²) >= 11 is 0. The molecule has 0 fully saturated rings. The van der Waals surface area contributed by atoms with Crippen LogP contribution in [0.2, 0.25) is 0 Å². The number of hydrogen-bond acceptors (Lipinski definition) is 0. The monoisotopic (exact) mass is 191 g/mol. The van der Waals surface area contributed by atoms with Crippen LogP contribution < -0.4 is 18.9 Å². The predicted molar refractivity (Wildman–Crippen MR) is 61.3 cm³/mol. The topological polar surface area (TPSA) is 14.1 Å². The molecule has 0 aromatic heterocycles. The van der Waals surface area contributed by atoms with Crippen molar-refractivity contribution < 1.29 is 18.9 Å². The fourth-order valence-electron chi connectivity index (χ4n) is 2.25. The standard InChI is InChI=1S/C12H26N.Li/c1-10(2,3)9-12(7,8)13-11(4,5)6;/h9H2,1-8H3;/q-1;+1. The van der Waals surface area contributed by atoms with Crippen LogP contribution in [-0.2, 0) is 0 Å². The zero-order chi connectivity index (χ0) is 10.9. The van der Waals surface area contributed by atoms with E-state index in [1.54, 1.807) is 0 Å². The molecule has 0 aliphatic heterocycles. The van der Waals surface area contributed by atoms with Crippen LogP contribution >= 0.6 is 0 Å². The van der Waals surface area contributed by atoms with Crippen molar-refractivity contribution in [3.8, 4) is 0 Å². The van der Waals surface area contributed by atoms with E-state index in [1.165, 1.54) is 0 Å². The summed E-state index contributed by atoms with van der Waals surface area (Å²) in [4.78, 5) is 0. The van der Waals surface area contributed by atoms with Gasteiger partial charge in [0.05, 0.1) is 0 Å². The average molecular weight is 191 g/mol. The molecule has 0 aromatic carbocycles. The molecule has 0 aliphatic carbocycles. The van der Waals surface area contributed by atoms with Gasteiger partial charge in [0.2, 0.25) is 0 Å². The molecule has 0 aliphatic rings. The zero-order valence-electron chi connectivity index (χ0n) is 11.7. The van der Waals surface area contributed by atoms with E-state index in [1.807, 2.05) is 0 Å². The SMILES string of the molecule is CC(C)(C)CC(C)(C)[N-]C(C)(C)C.[Li+]. The molecule has 0 unspecified atom stereocenters. The van der Waals surface area contributed by atoms with E-state index in [4.69, 9.17) is 5.32 Å². The summed E-state index contributed by atoms with van der Waals surface area (Å²) in [5.41, 5.74) is 0.531. The van der Waals surface area contributed by atoms with Gasteiger partial charge < -0.3 is 5.32 Å². The van der Waals surface area contributed by atoms with E-state index in [0.717, 1.165) is 6.42 Å². The molecule has 0 N–H and O–H groups in total. The minimum Gasteiger partial charge on any atom is -0.652 e. The van der Waals surface area contributed by atoms with Gasteiger partial charge >= 0.3 is 18.9 Å². The Bertz CT molecular complexity index is 142. The van der Waals surface area contributed by atoms with Gasteiger partial charge in [0, 0.05) is 0 Å². The first-order valence-corrected chi connectivity index (χ1v) is 5.15. The maximum Gasteiger partial charge on any atom is 1.00 e. The predicted octanol–water partition coefficient (Wildman–Crippen LogP) is 1.38. The molecule has 14 heavy (non-hydrogen) atoms. The Morgan fingerprint density at radius 2 is 1.14 bits per heavy atom. The number of hydrogen-bond donors (Lipinski definition) is 0. The maximum absolute atomic E-state index is 4.83. The van der Waals surface area contributed by atoms with Gasteiger partial charge in [0.15, 0.2) is 0 Å². The summed E-state index contributed by atoms with van der Waals surface area (Å²) in [7, 11) is 0. The van der Waals surface area contributed by atoms with Crippen molar-refractivity contribution >= 4 is 0 Å². The summed E-state index contributed by atoms with van der Waals surface area (Å²) < 4.78 is 0. The van der Waals surface area contributed by atoms with Crippen molar-refractivity contribution in [3.05, 3.63) is 5.32 Å². The van der Waals surface area contributed by atoms with Crippen LogP contribution in [0, 0.1) is 5.41 Å². The Labute approximate surface area is 103 Å². The Balaban J connectivity index is 0. The summed E-state index contributed by atoms with van der Waals surface area (Å²) in [6.07, 6.45) is 1.14. The van der Waals surface area contributed by atoms with Crippen LogP contribution in [0.25, 0.3) is 5.32 Å². The van der Waals surface area contributed by atoms with Crippen molar-refractivity contribution in [2.24, 2.45) is 5.41 Å². The summed E-state index contributed by atoms with van der Waals surface area (Å²) in [6, 6.07) is 0. The van der Waals surface area contributed by atoms with E-state index in [0.29, 0.717) is 5.41 Å². The van der Waals surface area contributed by atoms with Gasteiger partial charge in [-0.3, -0.25) is 0 Å². The second-order valence-electron chi connectivity index (χ2n) is 6.83. The molecule has 0 bridgehead atoms. The third-order valence-corrected chi connectivity index (χ3v) is 1.60. The molecular formula is C12H26LiN. The number of nitrogens with zero attached hydrogens (tertiary/aromatic N) is 1. The van der Waals surface area contributed by atoms with Crippen molar-refractivity contribution in [1.29, 1.82) is 0 Å². The maximum atomic E-state index is 4.83. The number of rotatable bonds is 2. The second kappa shape index (κ2) is 5.06. The molecule has 0 rings (SSSR count). The van der Waals surface area contributed by atoms with Gasteiger partial charge in [-0.05, 0) is 5.41 Å². The third kappa shape index (κ3) is 10.6. The van der Waals surface area contributed by atoms with Crippen LogP contribution in [0.15, 0.2) is 0 Å². The molecule has 80 valence electrons. The molecule has 0 atom stereocenters. The minimum absolute atomic E-state index is 0. The van der Waals surface area contributed by atoms with Crippen molar-refractivity contribution in [2.75, 3.05) is 0 Å². The van der Waals surface area contributed by atoms with Crippen molar-refractivity contribution in [1.82, 2.24) is 0 Å². The molecule has 0 saturated heterocycles. The molecule has 0 radical (unpaired) electrons. The normalized spacial score (nSPS) is 13.7. The van der Waals surface area contributed by atoms with Gasteiger partial charge in [-0.2, -0.15) is 0 Å². The van der Waals surface area contributed by atoms with Crippen LogP contribution in [0.1, 0.15) is 61.8 Å². The van der Waals surface area contributed by atoms with Crippen molar-refractivity contribution in [2.45, 2.75) is 72.9 Å². The van der Waals surface area contributed by atoms with Gasteiger partial charge in [-0.25, -0.2) is 0 Å². The fraction of sp³-hybridized carbons (Fsp3) is 1.00. The van der Waals surface area contributed by atoms with Gasteiger partial charge in [0.1, 0.15) is 0 Å². The van der Waals surface area contributed by atoms with Gasteiger partial charge in [0.25, 0.3) is 0 Å². The Morgan fingerprint density at radius 3 is 1.36 bits per heavy atom. The third-order valence-electron chi connectivity index (χ3n) is 1.60. The molecule has 0 saturated carbocycles. The largest absolute Gasteiger partial charge is 1.00 e. The van der Waals surface area contributed by atoms with Crippen LogP contribution in [0.3, 0.4) is 0 Å².